The van der Waals surface area contributed by atoms with Crippen molar-refractivity contribution < 1.29 is 9.53 Å². The molecule has 1 N–H and O–H groups in total. The van der Waals surface area contributed by atoms with Gasteiger partial charge in [-0.3, -0.25) is 10.1 Å². The molecule has 22 heavy (non-hydrogen) atoms. The number of rotatable bonds is 3. The van der Waals surface area contributed by atoms with E-state index in [0.717, 1.165) is 27.1 Å². The van der Waals surface area contributed by atoms with Crippen LogP contribution >= 0.6 is 11.3 Å². The highest BCUT2D eigenvalue weighted by atomic mass is 32.1. The van der Waals surface area contributed by atoms with Crippen molar-refractivity contribution in [2.45, 2.75) is 13.8 Å². The van der Waals surface area contributed by atoms with Crippen LogP contribution in [0.2, 0.25) is 0 Å². The molecule has 112 valence electrons. The number of methoxy groups -OCH3 is 1. The monoisotopic (exact) mass is 312 g/mol. The van der Waals surface area contributed by atoms with E-state index in [9.17, 15) is 4.79 Å². The normalized spacial score (nSPS) is 10.7. The van der Waals surface area contributed by atoms with Crippen LogP contribution in [0.4, 0.5) is 5.13 Å². The Labute approximate surface area is 132 Å². The number of carbonyl (C=O) groups is 1. The summed E-state index contributed by atoms with van der Waals surface area (Å²) in [5.41, 5.74) is 3.61. The van der Waals surface area contributed by atoms with Gasteiger partial charge in [0.25, 0.3) is 5.91 Å². The largest absolute Gasteiger partial charge is 0.497 e. The second-order valence-electron chi connectivity index (χ2n) is 5.05. The fourth-order valence-electron chi connectivity index (χ4n) is 2.25. The Bertz CT molecular complexity index is 855. The van der Waals surface area contributed by atoms with E-state index in [2.05, 4.69) is 10.3 Å². The van der Waals surface area contributed by atoms with Crippen LogP contribution in [0.15, 0.2) is 36.4 Å². The molecule has 0 bridgehead atoms. The van der Waals surface area contributed by atoms with E-state index in [1.54, 1.807) is 7.11 Å². The molecule has 3 rings (SSSR count). The van der Waals surface area contributed by atoms with Crippen LogP contribution < -0.4 is 10.1 Å². The van der Waals surface area contributed by atoms with Crippen LogP contribution in [0.25, 0.3) is 10.2 Å². The van der Waals surface area contributed by atoms with Gasteiger partial charge in [-0.2, -0.15) is 0 Å². The Morgan fingerprint density at radius 3 is 2.82 bits per heavy atom. The van der Waals surface area contributed by atoms with Gasteiger partial charge in [0, 0.05) is 5.56 Å². The number of anilines is 1. The Hall–Kier alpha value is -2.40. The maximum Gasteiger partial charge on any atom is 0.257 e. The summed E-state index contributed by atoms with van der Waals surface area (Å²) in [5, 5.41) is 3.47. The zero-order valence-electron chi connectivity index (χ0n) is 12.6. The molecule has 0 saturated carbocycles. The summed E-state index contributed by atoms with van der Waals surface area (Å²) in [7, 11) is 1.63. The number of ether oxygens (including phenoxy) is 1. The fourth-order valence-corrected chi connectivity index (χ4v) is 3.14. The van der Waals surface area contributed by atoms with Crippen LogP contribution in [-0.2, 0) is 0 Å². The molecule has 0 unspecified atom stereocenters. The summed E-state index contributed by atoms with van der Waals surface area (Å²) in [6, 6.07) is 11.4. The Balaban J connectivity index is 1.89. The van der Waals surface area contributed by atoms with Crippen LogP contribution in [-0.4, -0.2) is 18.0 Å². The standard InChI is InChI=1S/C17H16N2O2S/c1-10-5-4-6-13(11(10)2)16(20)19-17-18-14-8-7-12(21-3)9-15(14)22-17/h4-9H,1-3H3,(H,18,19,20). The van der Waals surface area contributed by atoms with Gasteiger partial charge < -0.3 is 4.74 Å². The van der Waals surface area contributed by atoms with E-state index in [1.807, 2.05) is 50.2 Å². The van der Waals surface area contributed by atoms with Gasteiger partial charge in [0.15, 0.2) is 5.13 Å². The van der Waals surface area contributed by atoms with E-state index in [4.69, 9.17) is 4.74 Å². The zero-order valence-corrected chi connectivity index (χ0v) is 13.5. The first-order valence-corrected chi connectivity index (χ1v) is 7.72. The van der Waals surface area contributed by atoms with Crippen molar-refractivity contribution in [3.63, 3.8) is 0 Å². The second-order valence-corrected chi connectivity index (χ2v) is 6.08. The number of carbonyl (C=O) groups excluding carboxylic acids is 1. The molecule has 0 fully saturated rings. The van der Waals surface area contributed by atoms with Gasteiger partial charge in [0.05, 0.1) is 17.3 Å². The van der Waals surface area contributed by atoms with E-state index >= 15 is 0 Å². The summed E-state index contributed by atoms with van der Waals surface area (Å²) in [4.78, 5) is 16.9. The first-order valence-electron chi connectivity index (χ1n) is 6.90. The molecule has 0 spiro atoms. The number of aryl methyl sites for hydroxylation is 1. The lowest BCUT2D eigenvalue weighted by Crippen LogP contribution is -2.13. The SMILES string of the molecule is COc1ccc2nc(NC(=O)c3cccc(C)c3C)sc2c1. The van der Waals surface area contributed by atoms with Gasteiger partial charge in [0.1, 0.15) is 5.75 Å². The van der Waals surface area contributed by atoms with Crippen molar-refractivity contribution in [2.24, 2.45) is 0 Å². The van der Waals surface area contributed by atoms with E-state index in [-0.39, 0.29) is 5.91 Å². The number of hydrogen-bond acceptors (Lipinski definition) is 4. The highest BCUT2D eigenvalue weighted by Gasteiger charge is 2.13. The van der Waals surface area contributed by atoms with Gasteiger partial charge in [-0.1, -0.05) is 23.5 Å². The summed E-state index contributed by atoms with van der Waals surface area (Å²) < 4.78 is 6.18. The molecule has 3 aromatic rings. The van der Waals surface area contributed by atoms with Gasteiger partial charge in [0.2, 0.25) is 0 Å². The number of fused-ring (bicyclic) bond motifs is 1. The van der Waals surface area contributed by atoms with Crippen LogP contribution in [0.1, 0.15) is 21.5 Å². The molecule has 0 aliphatic heterocycles. The predicted molar refractivity (Wildman–Crippen MR) is 90.0 cm³/mol. The number of amides is 1. The first-order chi connectivity index (χ1) is 10.6. The summed E-state index contributed by atoms with van der Waals surface area (Å²) in [6.45, 7) is 3.95. The van der Waals surface area contributed by atoms with Crippen molar-refractivity contribution in [1.29, 1.82) is 0 Å². The molecular formula is C17H16N2O2S. The molecule has 0 atom stereocenters. The van der Waals surface area contributed by atoms with Crippen molar-refractivity contribution in [1.82, 2.24) is 4.98 Å². The Kier molecular flexibility index (Phi) is 3.81. The number of benzene rings is 2. The molecule has 1 amide bonds. The molecule has 0 aliphatic rings. The lowest BCUT2D eigenvalue weighted by Gasteiger charge is -2.07. The van der Waals surface area contributed by atoms with Crippen LogP contribution in [0, 0.1) is 13.8 Å². The lowest BCUT2D eigenvalue weighted by molar-refractivity contribution is 0.102. The highest BCUT2D eigenvalue weighted by molar-refractivity contribution is 7.22. The average Bonchev–Trinajstić information content (AvgIpc) is 2.90. The van der Waals surface area contributed by atoms with Crippen molar-refractivity contribution in [3.8, 4) is 5.75 Å². The number of nitrogens with zero attached hydrogens (tertiary/aromatic N) is 1. The highest BCUT2D eigenvalue weighted by Crippen LogP contribution is 2.29. The predicted octanol–water partition coefficient (Wildman–Crippen LogP) is 4.17. The first kappa shape index (κ1) is 14.5. The van der Waals surface area contributed by atoms with E-state index in [1.165, 1.54) is 11.3 Å². The fraction of sp³-hybridized carbons (Fsp3) is 0.176. The lowest BCUT2D eigenvalue weighted by atomic mass is 10.0. The molecule has 1 heterocycles. The number of aromatic nitrogens is 1. The minimum atomic E-state index is -0.132. The average molecular weight is 312 g/mol. The van der Waals surface area contributed by atoms with Gasteiger partial charge >= 0.3 is 0 Å². The Morgan fingerprint density at radius 1 is 1.23 bits per heavy atom. The summed E-state index contributed by atoms with van der Waals surface area (Å²) >= 11 is 1.44. The maximum absolute atomic E-state index is 12.4. The van der Waals surface area contributed by atoms with Crippen LogP contribution in [0.5, 0.6) is 5.75 Å². The summed E-state index contributed by atoms with van der Waals surface area (Å²) in [6.07, 6.45) is 0. The van der Waals surface area contributed by atoms with E-state index in [0.29, 0.717) is 10.7 Å². The number of hydrogen-bond donors (Lipinski definition) is 1. The van der Waals surface area contributed by atoms with Crippen LogP contribution in [0.3, 0.4) is 0 Å². The molecule has 0 radical (unpaired) electrons. The smallest absolute Gasteiger partial charge is 0.257 e. The molecular weight excluding hydrogens is 296 g/mol. The van der Waals surface area contributed by atoms with Crippen molar-refractivity contribution >= 4 is 32.6 Å². The molecule has 2 aromatic carbocycles. The quantitative estimate of drug-likeness (QED) is 0.789. The minimum Gasteiger partial charge on any atom is -0.497 e. The minimum absolute atomic E-state index is 0.132. The number of thiazole rings is 1. The van der Waals surface area contributed by atoms with Gasteiger partial charge in [-0.15, -0.1) is 0 Å². The third-order valence-corrected chi connectivity index (χ3v) is 4.60. The van der Waals surface area contributed by atoms with Crippen molar-refractivity contribution in [2.75, 3.05) is 12.4 Å². The molecule has 1 aromatic heterocycles. The van der Waals surface area contributed by atoms with E-state index < -0.39 is 0 Å². The zero-order chi connectivity index (χ0) is 15.7. The second kappa shape index (κ2) is 5.77. The molecule has 4 nitrogen and oxygen atoms in total. The van der Waals surface area contributed by atoms with Gasteiger partial charge in [-0.05, 0) is 49.2 Å². The van der Waals surface area contributed by atoms with Gasteiger partial charge in [-0.25, -0.2) is 4.98 Å². The number of nitrogens with one attached hydrogen (secondary N) is 1. The molecule has 0 aliphatic carbocycles. The third kappa shape index (κ3) is 2.67. The molecule has 5 heteroatoms. The maximum atomic E-state index is 12.4. The molecule has 0 saturated heterocycles. The van der Waals surface area contributed by atoms with Crippen molar-refractivity contribution in [3.05, 3.63) is 53.1 Å². The third-order valence-electron chi connectivity index (χ3n) is 3.67. The Morgan fingerprint density at radius 2 is 2.05 bits per heavy atom. The topological polar surface area (TPSA) is 51.2 Å². The summed E-state index contributed by atoms with van der Waals surface area (Å²) in [5.74, 6) is 0.649.